The molecule has 0 heterocycles. The zero-order valence-corrected chi connectivity index (χ0v) is 19.2. The van der Waals surface area contributed by atoms with Gasteiger partial charge in [-0.2, -0.15) is 15.0 Å². The highest BCUT2D eigenvalue weighted by molar-refractivity contribution is 6.20. The topological polar surface area (TPSA) is 106 Å². The lowest BCUT2D eigenvalue weighted by Gasteiger charge is -2.06. The maximum atomic E-state index is 10.9. The van der Waals surface area contributed by atoms with Gasteiger partial charge in [0.2, 0.25) is 0 Å². The molecule has 0 aliphatic rings. The van der Waals surface area contributed by atoms with Crippen molar-refractivity contribution in [1.82, 2.24) is 0 Å². The number of azo groups is 1. The molecule has 0 atom stereocenters. The summed E-state index contributed by atoms with van der Waals surface area (Å²) in [7, 11) is 1.63. The highest BCUT2D eigenvalue weighted by atomic mass is 16.5. The van der Waals surface area contributed by atoms with Crippen LogP contribution in [-0.4, -0.2) is 37.3 Å². The number of hydrogen-bond donors (Lipinski definition) is 0. The monoisotopic (exact) mass is 452 g/mol. The van der Waals surface area contributed by atoms with Crippen molar-refractivity contribution in [1.29, 1.82) is 0 Å². The third-order valence-corrected chi connectivity index (χ3v) is 4.90. The quantitative estimate of drug-likeness (QED) is 0.0958. The van der Waals surface area contributed by atoms with Gasteiger partial charge in [0.1, 0.15) is 11.5 Å². The highest BCUT2D eigenvalue weighted by Gasteiger charge is 2.02. The molecular formula is C25H32N4O4. The van der Waals surface area contributed by atoms with E-state index in [4.69, 9.17) is 19.7 Å². The van der Waals surface area contributed by atoms with Crippen LogP contribution in [0.25, 0.3) is 5.53 Å². The summed E-state index contributed by atoms with van der Waals surface area (Å²) in [6.07, 6.45) is 9.50. The van der Waals surface area contributed by atoms with Gasteiger partial charge in [0.25, 0.3) is 0 Å². The van der Waals surface area contributed by atoms with Crippen LogP contribution in [0, 0.1) is 0 Å². The Bertz CT molecular complexity index is 892. The largest absolute Gasteiger partial charge is 0.497 e. The molecule has 2 rings (SSSR count). The Kier molecular flexibility index (Phi) is 12.6. The number of nitrogens with zero attached hydrogens (tertiary/aromatic N) is 4. The average molecular weight is 453 g/mol. The summed E-state index contributed by atoms with van der Waals surface area (Å²) in [5.74, 6) is 1.02. The summed E-state index contributed by atoms with van der Waals surface area (Å²) in [5, 5.41) is 8.47. The van der Waals surface area contributed by atoms with Crippen LogP contribution in [0.2, 0.25) is 0 Å². The Labute approximate surface area is 195 Å². The summed E-state index contributed by atoms with van der Waals surface area (Å²) in [6.45, 7) is 1.07. The first-order chi connectivity index (χ1) is 16.2. The molecule has 0 N–H and O–H groups in total. The van der Waals surface area contributed by atoms with Crippen LogP contribution in [0.1, 0.15) is 51.4 Å². The molecule has 0 radical (unpaired) electrons. The predicted octanol–water partition coefficient (Wildman–Crippen LogP) is 6.45. The minimum Gasteiger partial charge on any atom is -0.497 e. The second-order valence-corrected chi connectivity index (χ2v) is 7.48. The third-order valence-electron chi connectivity index (χ3n) is 4.90. The fourth-order valence-electron chi connectivity index (χ4n) is 3.09. The first-order valence-electron chi connectivity index (χ1n) is 11.3. The van der Waals surface area contributed by atoms with Gasteiger partial charge in [-0.1, -0.05) is 38.5 Å². The molecule has 176 valence electrons. The number of carbonyl (C=O) groups is 1. The molecule has 2 aromatic rings. The number of rotatable bonds is 16. The molecule has 8 heteroatoms. The van der Waals surface area contributed by atoms with E-state index >= 15 is 0 Å². The van der Waals surface area contributed by atoms with Crippen LogP contribution in [0.4, 0.5) is 11.4 Å². The Morgan fingerprint density at radius 3 is 1.79 bits per heavy atom. The first-order valence-corrected chi connectivity index (χ1v) is 11.3. The maximum absolute atomic E-state index is 10.9. The van der Waals surface area contributed by atoms with E-state index in [1.807, 2.05) is 48.5 Å². The lowest BCUT2D eigenvalue weighted by Crippen LogP contribution is -2.07. The molecule has 8 nitrogen and oxygen atoms in total. The first kappa shape index (κ1) is 25.7. The number of ether oxygens (including phenoxy) is 3. The number of benzene rings is 2. The molecular weight excluding hydrogens is 420 g/mol. The van der Waals surface area contributed by atoms with Gasteiger partial charge < -0.3 is 19.7 Å². The lowest BCUT2D eigenvalue weighted by atomic mass is 10.1. The van der Waals surface area contributed by atoms with E-state index in [2.05, 4.69) is 15.0 Å². The van der Waals surface area contributed by atoms with Crippen molar-refractivity contribution in [3.05, 3.63) is 54.1 Å². The summed E-state index contributed by atoms with van der Waals surface area (Å²) in [5.41, 5.74) is 9.74. The standard InChI is InChI=1S/C25H32N4O4/c1-31-23-14-10-21(11-15-23)28-29-22-12-16-24(17-13-22)32-18-8-6-4-2-3-5-7-9-19-33-25(30)20-27-26/h10-17,20H,2-9,18-19H2,1H3/b29-28+. The second-order valence-electron chi connectivity index (χ2n) is 7.48. The van der Waals surface area contributed by atoms with Gasteiger partial charge >= 0.3 is 12.2 Å². The number of carbonyl (C=O) groups excluding carboxylic acids is 1. The molecule has 2 aromatic carbocycles. The number of hydrogen-bond acceptors (Lipinski definition) is 6. The van der Waals surface area contributed by atoms with Crippen molar-refractivity contribution in [2.45, 2.75) is 51.4 Å². The minimum absolute atomic E-state index is 0.370. The van der Waals surface area contributed by atoms with Crippen molar-refractivity contribution in [3.63, 3.8) is 0 Å². The lowest BCUT2D eigenvalue weighted by molar-refractivity contribution is -0.139. The molecule has 0 bridgehead atoms. The number of esters is 1. The number of unbranched alkanes of at least 4 members (excludes halogenated alkanes) is 7. The van der Waals surface area contributed by atoms with E-state index in [0.29, 0.717) is 13.2 Å². The molecule has 0 saturated heterocycles. The van der Waals surface area contributed by atoms with Gasteiger partial charge in [-0.3, -0.25) is 0 Å². The van der Waals surface area contributed by atoms with Crippen LogP contribution in [-0.2, 0) is 9.53 Å². The maximum Gasteiger partial charge on any atom is 0.413 e. The fraction of sp³-hybridized carbons (Fsp3) is 0.440. The Balaban J connectivity index is 1.48. The smallest absolute Gasteiger partial charge is 0.413 e. The van der Waals surface area contributed by atoms with Gasteiger partial charge in [-0.25, -0.2) is 4.79 Å². The summed E-state index contributed by atoms with van der Waals surface area (Å²) < 4.78 is 15.8. The predicted molar refractivity (Wildman–Crippen MR) is 127 cm³/mol. The zero-order chi connectivity index (χ0) is 23.6. The molecule has 0 aliphatic heterocycles. The summed E-state index contributed by atoms with van der Waals surface area (Å²) in [6, 6.07) is 15.0. The van der Waals surface area contributed by atoms with Crippen molar-refractivity contribution >= 4 is 23.6 Å². The normalized spacial score (nSPS) is 10.6. The Hall–Kier alpha value is -3.51. The van der Waals surface area contributed by atoms with Gasteiger partial charge in [-0.15, -0.1) is 0 Å². The van der Waals surface area contributed by atoms with E-state index < -0.39 is 5.97 Å². The molecule has 0 unspecified atom stereocenters. The fourth-order valence-corrected chi connectivity index (χ4v) is 3.09. The summed E-state index contributed by atoms with van der Waals surface area (Å²) in [4.78, 5) is 13.6. The van der Waals surface area contributed by atoms with E-state index in [0.717, 1.165) is 61.2 Å². The molecule has 0 aromatic heterocycles. The molecule has 33 heavy (non-hydrogen) atoms. The summed E-state index contributed by atoms with van der Waals surface area (Å²) >= 11 is 0. The molecule has 0 amide bonds. The molecule has 0 saturated carbocycles. The van der Waals surface area contributed by atoms with Gasteiger partial charge in [-0.05, 0) is 61.4 Å². The molecule has 0 spiro atoms. The van der Waals surface area contributed by atoms with Gasteiger partial charge in [0.15, 0.2) is 0 Å². The van der Waals surface area contributed by atoms with Crippen LogP contribution in [0.3, 0.4) is 0 Å². The molecule has 0 fully saturated rings. The van der Waals surface area contributed by atoms with Crippen molar-refractivity contribution < 1.29 is 23.8 Å². The van der Waals surface area contributed by atoms with E-state index in [1.54, 1.807) is 7.11 Å². The van der Waals surface area contributed by atoms with Crippen molar-refractivity contribution in [3.8, 4) is 11.5 Å². The molecule has 0 aliphatic carbocycles. The highest BCUT2D eigenvalue weighted by Crippen LogP contribution is 2.23. The SMILES string of the molecule is COc1ccc(/N=N/c2ccc(OCCCCCCCCCCOC(=O)C=[N+]=[N-])cc2)cc1. The zero-order valence-electron chi connectivity index (χ0n) is 19.2. The third kappa shape index (κ3) is 11.6. The van der Waals surface area contributed by atoms with Crippen molar-refractivity contribution in [2.75, 3.05) is 20.3 Å². The Morgan fingerprint density at radius 1 is 0.788 bits per heavy atom. The van der Waals surface area contributed by atoms with Gasteiger partial charge in [0.05, 0.1) is 31.7 Å². The van der Waals surface area contributed by atoms with Crippen LogP contribution in [0.15, 0.2) is 58.8 Å². The second kappa shape index (κ2) is 16.2. The average Bonchev–Trinajstić information content (AvgIpc) is 2.84. The number of methoxy groups -OCH3 is 1. The van der Waals surface area contributed by atoms with Crippen LogP contribution < -0.4 is 9.47 Å². The van der Waals surface area contributed by atoms with E-state index in [9.17, 15) is 4.79 Å². The van der Waals surface area contributed by atoms with E-state index in [1.165, 1.54) is 19.3 Å². The van der Waals surface area contributed by atoms with E-state index in [-0.39, 0.29) is 0 Å². The Morgan fingerprint density at radius 2 is 1.27 bits per heavy atom. The minimum atomic E-state index is -0.606. The van der Waals surface area contributed by atoms with Gasteiger partial charge in [0, 0.05) is 0 Å². The van der Waals surface area contributed by atoms with Crippen LogP contribution in [0.5, 0.6) is 11.5 Å². The van der Waals surface area contributed by atoms with Crippen LogP contribution >= 0.6 is 0 Å². The van der Waals surface area contributed by atoms with Crippen molar-refractivity contribution in [2.24, 2.45) is 10.2 Å².